The monoisotopic (exact) mass is 157 g/mol. The summed E-state index contributed by atoms with van der Waals surface area (Å²) in [7, 11) is 0. The van der Waals surface area contributed by atoms with Crippen molar-refractivity contribution in [3.63, 3.8) is 0 Å². The molecule has 0 aliphatic heterocycles. The van der Waals surface area contributed by atoms with Crippen LogP contribution in [-0.4, -0.2) is 9.78 Å². The van der Waals surface area contributed by atoms with Gasteiger partial charge in [-0.1, -0.05) is 18.5 Å². The van der Waals surface area contributed by atoms with E-state index < -0.39 is 0 Å². The molecule has 1 aromatic heterocycles. The second-order valence-electron chi connectivity index (χ2n) is 2.23. The maximum atomic E-state index is 5.73. The third-order valence-corrected chi connectivity index (χ3v) is 1.77. The number of hydrogen-bond acceptors (Lipinski definition) is 1. The van der Waals surface area contributed by atoms with Crippen LogP contribution in [0.2, 0.25) is 5.02 Å². The zero-order chi connectivity index (χ0) is 7.56. The Morgan fingerprint density at radius 1 is 1.70 bits per heavy atom. The van der Waals surface area contributed by atoms with E-state index in [2.05, 4.69) is 18.2 Å². The summed E-state index contributed by atoms with van der Waals surface area (Å²) >= 11 is 5.73. The van der Waals surface area contributed by atoms with Gasteiger partial charge in [-0.3, -0.25) is 4.68 Å². The van der Waals surface area contributed by atoms with Crippen molar-refractivity contribution in [2.45, 2.75) is 26.8 Å². The van der Waals surface area contributed by atoms with Crippen LogP contribution < -0.4 is 0 Å². The minimum Gasteiger partial charge on any atom is -0.268 e. The minimum absolute atomic E-state index is 0.633. The van der Waals surface area contributed by atoms with Gasteiger partial charge in [-0.25, -0.2) is 0 Å². The largest absolute Gasteiger partial charge is 0.268 e. The molecular weight excluding hydrogens is 148 g/mol. The van der Waals surface area contributed by atoms with Crippen LogP contribution in [0.15, 0.2) is 0 Å². The first kappa shape index (κ1) is 7.61. The number of aromatic nitrogens is 2. The summed E-state index contributed by atoms with van der Waals surface area (Å²) in [6.45, 7) is 4.98. The molecule has 1 radical (unpaired) electrons. The van der Waals surface area contributed by atoms with E-state index in [1.54, 1.807) is 0 Å². The summed E-state index contributed by atoms with van der Waals surface area (Å²) in [6.07, 6.45) is 3.78. The van der Waals surface area contributed by atoms with Gasteiger partial charge < -0.3 is 0 Å². The van der Waals surface area contributed by atoms with Gasteiger partial charge in [0.05, 0.1) is 10.7 Å². The average Bonchev–Trinajstić information content (AvgIpc) is 2.20. The molecule has 0 aromatic carbocycles. The predicted molar refractivity (Wildman–Crippen MR) is 41.1 cm³/mol. The molecule has 1 heterocycles. The molecule has 0 atom stereocenters. The zero-order valence-corrected chi connectivity index (χ0v) is 6.94. The standard InChI is InChI=1S/C7H10ClN2/c1-3-4-10-6(2)7(8)5-9-10/h3-4H2,1-2H3. The fourth-order valence-electron chi connectivity index (χ4n) is 0.803. The zero-order valence-electron chi connectivity index (χ0n) is 6.19. The lowest BCUT2D eigenvalue weighted by atomic mass is 10.4. The molecule has 0 N–H and O–H groups in total. The Bertz CT molecular complexity index is 217. The Morgan fingerprint density at radius 3 is 2.80 bits per heavy atom. The van der Waals surface area contributed by atoms with E-state index in [-0.39, 0.29) is 0 Å². The van der Waals surface area contributed by atoms with Crippen LogP contribution in [-0.2, 0) is 6.54 Å². The van der Waals surface area contributed by atoms with Crippen molar-refractivity contribution < 1.29 is 0 Å². The van der Waals surface area contributed by atoms with E-state index in [4.69, 9.17) is 11.6 Å². The number of nitrogens with zero attached hydrogens (tertiary/aromatic N) is 2. The molecule has 0 fully saturated rings. The maximum Gasteiger partial charge on any atom is 0.133 e. The molecule has 0 bridgehead atoms. The fourth-order valence-corrected chi connectivity index (χ4v) is 0.938. The highest BCUT2D eigenvalue weighted by atomic mass is 35.5. The molecule has 0 spiro atoms. The smallest absolute Gasteiger partial charge is 0.133 e. The Morgan fingerprint density at radius 2 is 2.40 bits per heavy atom. The molecule has 3 heteroatoms. The summed E-state index contributed by atoms with van der Waals surface area (Å²) in [5.74, 6) is 0. The van der Waals surface area contributed by atoms with Crippen molar-refractivity contribution in [2.24, 2.45) is 0 Å². The van der Waals surface area contributed by atoms with Crippen LogP contribution in [0.25, 0.3) is 0 Å². The van der Waals surface area contributed by atoms with Gasteiger partial charge in [-0.15, -0.1) is 0 Å². The molecule has 0 amide bonds. The molecule has 0 aliphatic rings. The molecular formula is C7H10ClN2. The Labute approximate surface area is 65.8 Å². The van der Waals surface area contributed by atoms with Crippen molar-refractivity contribution in [1.82, 2.24) is 9.78 Å². The van der Waals surface area contributed by atoms with Gasteiger partial charge >= 0.3 is 0 Å². The first-order valence-electron chi connectivity index (χ1n) is 3.36. The molecule has 10 heavy (non-hydrogen) atoms. The van der Waals surface area contributed by atoms with E-state index in [1.165, 1.54) is 0 Å². The van der Waals surface area contributed by atoms with Crippen LogP contribution in [0.5, 0.6) is 0 Å². The lowest BCUT2D eigenvalue weighted by Gasteiger charge is -1.99. The molecule has 2 nitrogen and oxygen atoms in total. The van der Waals surface area contributed by atoms with Crippen LogP contribution in [0.3, 0.4) is 0 Å². The highest BCUT2D eigenvalue weighted by Gasteiger charge is 2.01. The van der Waals surface area contributed by atoms with E-state index in [1.807, 2.05) is 11.6 Å². The quantitative estimate of drug-likeness (QED) is 0.643. The fraction of sp³-hybridized carbons (Fsp3) is 0.571. The van der Waals surface area contributed by atoms with Crippen molar-refractivity contribution in [3.8, 4) is 0 Å². The van der Waals surface area contributed by atoms with Crippen LogP contribution in [0.1, 0.15) is 19.0 Å². The molecule has 0 aliphatic carbocycles. The van der Waals surface area contributed by atoms with Crippen molar-refractivity contribution >= 4 is 11.6 Å². The maximum absolute atomic E-state index is 5.73. The Kier molecular flexibility index (Phi) is 2.33. The van der Waals surface area contributed by atoms with E-state index in [0.29, 0.717) is 5.02 Å². The second-order valence-corrected chi connectivity index (χ2v) is 2.61. The summed E-state index contributed by atoms with van der Waals surface area (Å²) in [5, 5.41) is 4.60. The van der Waals surface area contributed by atoms with Gasteiger partial charge in [-0.05, 0) is 13.3 Å². The highest BCUT2D eigenvalue weighted by Crippen LogP contribution is 2.12. The minimum atomic E-state index is 0.633. The molecule has 1 aromatic rings. The predicted octanol–water partition coefficient (Wildman–Crippen LogP) is 2.06. The topological polar surface area (TPSA) is 17.8 Å². The molecule has 55 valence electrons. The van der Waals surface area contributed by atoms with E-state index in [9.17, 15) is 0 Å². The molecule has 0 unspecified atom stereocenters. The van der Waals surface area contributed by atoms with Gasteiger partial charge in [0.2, 0.25) is 0 Å². The molecule has 0 saturated heterocycles. The number of aryl methyl sites for hydroxylation is 1. The number of hydrogen-bond donors (Lipinski definition) is 0. The SMILES string of the molecule is CCCn1n[c]c(Cl)c1C. The highest BCUT2D eigenvalue weighted by molar-refractivity contribution is 6.30. The summed E-state index contributed by atoms with van der Waals surface area (Å²) in [6, 6.07) is 0. The third-order valence-electron chi connectivity index (χ3n) is 1.41. The lowest BCUT2D eigenvalue weighted by molar-refractivity contribution is 0.586. The first-order valence-corrected chi connectivity index (χ1v) is 3.74. The van der Waals surface area contributed by atoms with Crippen molar-refractivity contribution in [2.75, 3.05) is 0 Å². The normalized spacial score (nSPS) is 10.3. The van der Waals surface area contributed by atoms with Gasteiger partial charge in [-0.2, -0.15) is 5.10 Å². The first-order chi connectivity index (χ1) is 4.75. The second kappa shape index (κ2) is 3.06. The third kappa shape index (κ3) is 1.32. The lowest BCUT2D eigenvalue weighted by Crippen LogP contribution is -2.00. The van der Waals surface area contributed by atoms with E-state index in [0.717, 1.165) is 18.7 Å². The number of rotatable bonds is 2. The van der Waals surface area contributed by atoms with Gasteiger partial charge in [0.15, 0.2) is 0 Å². The Hall–Kier alpha value is -0.500. The summed E-state index contributed by atoms with van der Waals surface area (Å²) < 4.78 is 1.86. The van der Waals surface area contributed by atoms with Gasteiger partial charge in [0.25, 0.3) is 0 Å². The average molecular weight is 158 g/mol. The van der Waals surface area contributed by atoms with Crippen molar-refractivity contribution in [1.29, 1.82) is 0 Å². The van der Waals surface area contributed by atoms with Gasteiger partial charge in [0.1, 0.15) is 6.20 Å². The van der Waals surface area contributed by atoms with Gasteiger partial charge in [0, 0.05) is 6.54 Å². The summed E-state index contributed by atoms with van der Waals surface area (Å²) in [5.41, 5.74) is 1.00. The van der Waals surface area contributed by atoms with Crippen molar-refractivity contribution in [3.05, 3.63) is 16.9 Å². The number of halogens is 1. The van der Waals surface area contributed by atoms with Crippen LogP contribution in [0.4, 0.5) is 0 Å². The van der Waals surface area contributed by atoms with E-state index >= 15 is 0 Å². The van der Waals surface area contributed by atoms with Crippen LogP contribution >= 0.6 is 11.6 Å². The van der Waals surface area contributed by atoms with Crippen LogP contribution in [0, 0.1) is 13.1 Å². The summed E-state index contributed by atoms with van der Waals surface area (Å²) in [4.78, 5) is 0. The Balaban J connectivity index is 2.83. The molecule has 0 saturated carbocycles. The molecule has 1 rings (SSSR count).